The number of ether oxygens (including phenoxy) is 1. The van der Waals surface area contributed by atoms with Gasteiger partial charge in [-0.2, -0.15) is 0 Å². The highest BCUT2D eigenvalue weighted by molar-refractivity contribution is 7.13. The first-order valence-corrected chi connectivity index (χ1v) is 7.91. The molecule has 2 rings (SSSR count). The molecule has 0 spiro atoms. The summed E-state index contributed by atoms with van der Waals surface area (Å²) < 4.78 is 4.88. The number of esters is 1. The summed E-state index contributed by atoms with van der Waals surface area (Å²) in [5, 5.41) is 2.50. The standard InChI is InChI=1S/C13H13N3O4S2/c1-7-11(22-8(2)14-7)13(19)20-6-10(17)15-16-12(18)9-4-3-5-21-9/h3-5H,6H2,1-2H3,(H,15,17)(H,16,18). The number of nitrogens with zero attached hydrogens (tertiary/aromatic N) is 1. The van der Waals surface area contributed by atoms with E-state index in [9.17, 15) is 14.4 Å². The van der Waals surface area contributed by atoms with Crippen LogP contribution in [-0.4, -0.2) is 29.4 Å². The quantitative estimate of drug-likeness (QED) is 0.649. The second-order valence-corrected chi connectivity index (χ2v) is 6.35. The van der Waals surface area contributed by atoms with E-state index in [1.807, 2.05) is 0 Å². The molecule has 0 aliphatic heterocycles. The molecule has 2 N–H and O–H groups in total. The van der Waals surface area contributed by atoms with Gasteiger partial charge in [-0.15, -0.1) is 22.7 Å². The molecule has 2 aromatic rings. The van der Waals surface area contributed by atoms with Crippen LogP contribution in [0.1, 0.15) is 30.0 Å². The predicted octanol–water partition coefficient (Wildman–Crippen LogP) is 1.44. The molecule has 22 heavy (non-hydrogen) atoms. The van der Waals surface area contributed by atoms with Crippen LogP contribution < -0.4 is 10.9 Å². The van der Waals surface area contributed by atoms with Crippen molar-refractivity contribution in [1.29, 1.82) is 0 Å². The Morgan fingerprint density at radius 1 is 1.27 bits per heavy atom. The number of amides is 2. The molecule has 2 amide bonds. The number of thiophene rings is 1. The van der Waals surface area contributed by atoms with Crippen LogP contribution in [0.3, 0.4) is 0 Å². The lowest BCUT2D eigenvalue weighted by atomic mass is 10.4. The summed E-state index contributed by atoms with van der Waals surface area (Å²) in [6.07, 6.45) is 0. The molecule has 2 heterocycles. The summed E-state index contributed by atoms with van der Waals surface area (Å²) in [7, 11) is 0. The summed E-state index contributed by atoms with van der Waals surface area (Å²) in [5.74, 6) is -1.66. The van der Waals surface area contributed by atoms with Gasteiger partial charge in [-0.25, -0.2) is 9.78 Å². The fourth-order valence-electron chi connectivity index (χ4n) is 1.55. The van der Waals surface area contributed by atoms with Crippen molar-refractivity contribution in [3.05, 3.63) is 38.0 Å². The van der Waals surface area contributed by atoms with Gasteiger partial charge in [0.2, 0.25) is 0 Å². The van der Waals surface area contributed by atoms with Gasteiger partial charge in [0.1, 0.15) is 4.88 Å². The summed E-state index contributed by atoms with van der Waals surface area (Å²) in [4.78, 5) is 39.9. The van der Waals surface area contributed by atoms with Crippen LogP contribution in [-0.2, 0) is 9.53 Å². The van der Waals surface area contributed by atoms with E-state index in [0.29, 0.717) is 15.4 Å². The average molecular weight is 339 g/mol. The van der Waals surface area contributed by atoms with Crippen LogP contribution in [0.4, 0.5) is 0 Å². The summed E-state index contributed by atoms with van der Waals surface area (Å²) in [6.45, 7) is 2.99. The topological polar surface area (TPSA) is 97.4 Å². The van der Waals surface area contributed by atoms with E-state index in [1.165, 1.54) is 22.7 Å². The second kappa shape index (κ2) is 7.14. The minimum Gasteiger partial charge on any atom is -0.451 e. The van der Waals surface area contributed by atoms with E-state index >= 15 is 0 Å². The number of carbonyl (C=O) groups is 3. The minimum absolute atomic E-state index is 0.368. The van der Waals surface area contributed by atoms with Gasteiger partial charge in [-0.05, 0) is 25.3 Å². The van der Waals surface area contributed by atoms with Crippen molar-refractivity contribution in [1.82, 2.24) is 15.8 Å². The SMILES string of the molecule is Cc1nc(C)c(C(=O)OCC(=O)NNC(=O)c2cccs2)s1. The number of hydrogen-bond donors (Lipinski definition) is 2. The fraction of sp³-hybridized carbons (Fsp3) is 0.231. The highest BCUT2D eigenvalue weighted by Gasteiger charge is 2.17. The van der Waals surface area contributed by atoms with Gasteiger partial charge in [0, 0.05) is 0 Å². The number of aromatic nitrogens is 1. The van der Waals surface area contributed by atoms with Gasteiger partial charge in [-0.1, -0.05) is 6.07 Å². The molecule has 0 unspecified atom stereocenters. The predicted molar refractivity (Wildman–Crippen MR) is 81.8 cm³/mol. The van der Waals surface area contributed by atoms with Crippen LogP contribution in [0.2, 0.25) is 0 Å². The van der Waals surface area contributed by atoms with E-state index in [1.54, 1.807) is 31.4 Å². The molecule has 0 aromatic carbocycles. The molecule has 0 aliphatic rings. The normalized spacial score (nSPS) is 10.1. The molecular formula is C13H13N3O4S2. The highest BCUT2D eigenvalue weighted by atomic mass is 32.1. The molecule has 2 aromatic heterocycles. The molecular weight excluding hydrogens is 326 g/mol. The lowest BCUT2D eigenvalue weighted by Crippen LogP contribution is -2.43. The van der Waals surface area contributed by atoms with Crippen LogP contribution in [0, 0.1) is 13.8 Å². The largest absolute Gasteiger partial charge is 0.451 e. The zero-order valence-corrected chi connectivity index (χ0v) is 13.5. The Kier molecular flexibility index (Phi) is 5.23. The highest BCUT2D eigenvalue weighted by Crippen LogP contribution is 2.17. The van der Waals surface area contributed by atoms with Crippen molar-refractivity contribution in [3.63, 3.8) is 0 Å². The molecule has 9 heteroatoms. The van der Waals surface area contributed by atoms with Crippen LogP contribution >= 0.6 is 22.7 Å². The lowest BCUT2D eigenvalue weighted by molar-refractivity contribution is -0.125. The van der Waals surface area contributed by atoms with Crippen molar-refractivity contribution in [2.24, 2.45) is 0 Å². The van der Waals surface area contributed by atoms with Gasteiger partial charge < -0.3 is 4.74 Å². The summed E-state index contributed by atoms with van der Waals surface area (Å²) in [6, 6.07) is 3.35. The Bertz CT molecular complexity index is 694. The van der Waals surface area contributed by atoms with Crippen LogP contribution in [0.15, 0.2) is 17.5 Å². The van der Waals surface area contributed by atoms with Gasteiger partial charge in [0.15, 0.2) is 6.61 Å². The third-order valence-electron chi connectivity index (χ3n) is 2.48. The molecule has 0 aliphatic carbocycles. The molecule has 0 saturated heterocycles. The van der Waals surface area contributed by atoms with Crippen LogP contribution in [0.25, 0.3) is 0 Å². The van der Waals surface area contributed by atoms with Gasteiger partial charge in [0.05, 0.1) is 15.6 Å². The third kappa shape index (κ3) is 4.12. The molecule has 116 valence electrons. The smallest absolute Gasteiger partial charge is 0.350 e. The number of hydrazine groups is 1. The Hall–Kier alpha value is -2.26. The van der Waals surface area contributed by atoms with Crippen molar-refractivity contribution in [2.45, 2.75) is 13.8 Å². The average Bonchev–Trinajstić information content (AvgIpc) is 3.11. The first-order valence-electron chi connectivity index (χ1n) is 6.21. The minimum atomic E-state index is -0.628. The summed E-state index contributed by atoms with van der Waals surface area (Å²) >= 11 is 2.45. The zero-order chi connectivity index (χ0) is 16.1. The van der Waals surface area contributed by atoms with Crippen molar-refractivity contribution in [3.8, 4) is 0 Å². The molecule has 7 nitrogen and oxygen atoms in total. The van der Waals surface area contributed by atoms with Gasteiger partial charge >= 0.3 is 5.97 Å². The maximum absolute atomic E-state index is 11.8. The number of aryl methyl sites for hydroxylation is 2. The Morgan fingerprint density at radius 2 is 2.05 bits per heavy atom. The Labute approximate surface area is 134 Å². The van der Waals surface area contributed by atoms with E-state index in [0.717, 1.165) is 5.01 Å². The fourth-order valence-corrected chi connectivity index (χ4v) is 2.98. The monoisotopic (exact) mass is 339 g/mol. The molecule has 0 saturated carbocycles. The molecule has 0 fully saturated rings. The summed E-state index contributed by atoms with van der Waals surface area (Å²) in [5.41, 5.74) is 4.98. The van der Waals surface area contributed by atoms with Crippen molar-refractivity contribution < 1.29 is 19.1 Å². The molecule has 0 radical (unpaired) electrons. The first kappa shape index (κ1) is 16.1. The first-order chi connectivity index (χ1) is 10.5. The van der Waals surface area contributed by atoms with Crippen molar-refractivity contribution in [2.75, 3.05) is 6.61 Å². The van der Waals surface area contributed by atoms with Crippen molar-refractivity contribution >= 4 is 40.5 Å². The maximum Gasteiger partial charge on any atom is 0.350 e. The number of thiazole rings is 1. The van der Waals surface area contributed by atoms with E-state index < -0.39 is 24.4 Å². The number of carbonyl (C=O) groups excluding carboxylic acids is 3. The lowest BCUT2D eigenvalue weighted by Gasteiger charge is -2.06. The number of nitrogens with one attached hydrogen (secondary N) is 2. The van der Waals surface area contributed by atoms with Gasteiger partial charge in [-0.3, -0.25) is 20.4 Å². The van der Waals surface area contributed by atoms with E-state index in [2.05, 4.69) is 15.8 Å². The van der Waals surface area contributed by atoms with Crippen LogP contribution in [0.5, 0.6) is 0 Å². The second-order valence-electron chi connectivity index (χ2n) is 4.20. The molecule has 0 atom stereocenters. The number of rotatable bonds is 4. The van der Waals surface area contributed by atoms with E-state index in [-0.39, 0.29) is 0 Å². The maximum atomic E-state index is 11.8. The van der Waals surface area contributed by atoms with E-state index in [4.69, 9.17) is 4.74 Å². The Balaban J connectivity index is 1.77. The number of hydrogen-bond acceptors (Lipinski definition) is 7. The zero-order valence-electron chi connectivity index (χ0n) is 11.8. The Morgan fingerprint density at radius 3 is 2.64 bits per heavy atom. The molecule has 0 bridgehead atoms. The third-order valence-corrected chi connectivity index (χ3v) is 4.41. The van der Waals surface area contributed by atoms with Gasteiger partial charge in [0.25, 0.3) is 11.8 Å².